The highest BCUT2D eigenvalue weighted by molar-refractivity contribution is 6.42. The number of rotatable bonds is 3. The fourth-order valence-electron chi connectivity index (χ4n) is 0.901. The predicted molar refractivity (Wildman–Crippen MR) is 63.3 cm³/mol. The molecule has 0 heterocycles. The van der Waals surface area contributed by atoms with Crippen molar-refractivity contribution in [3.63, 3.8) is 0 Å². The number of carbonyl (C=O) groups is 1. The van der Waals surface area contributed by atoms with Crippen molar-refractivity contribution in [3.8, 4) is 5.75 Å². The van der Waals surface area contributed by atoms with Crippen LogP contribution < -0.4 is 4.74 Å². The molecule has 0 aliphatic rings. The molecule has 0 atom stereocenters. The van der Waals surface area contributed by atoms with Crippen molar-refractivity contribution in [3.05, 3.63) is 28.2 Å². The van der Waals surface area contributed by atoms with Crippen LogP contribution in [-0.4, -0.2) is 12.8 Å². The highest BCUT2D eigenvalue weighted by Gasteiger charge is 2.08. The summed E-state index contributed by atoms with van der Waals surface area (Å²) in [6.07, 6.45) is -0.743. The first-order valence-electron chi connectivity index (χ1n) is 4.78. The molecule has 0 radical (unpaired) electrons. The summed E-state index contributed by atoms with van der Waals surface area (Å²) in [4.78, 5) is 11.2. The molecule has 5 heteroatoms. The Kier molecular flexibility index (Phi) is 4.90. The normalized spacial score (nSPS) is 10.3. The Hall–Kier alpha value is -0.930. The van der Waals surface area contributed by atoms with Crippen LogP contribution in [0.4, 0.5) is 4.79 Å². The van der Waals surface area contributed by atoms with Gasteiger partial charge in [-0.1, -0.05) is 37.0 Å². The van der Waals surface area contributed by atoms with Gasteiger partial charge in [0.25, 0.3) is 0 Å². The van der Waals surface area contributed by atoms with Crippen LogP contribution in [0.15, 0.2) is 18.2 Å². The molecule has 1 aromatic carbocycles. The molecular formula is C11H12Cl2O3. The molecular weight excluding hydrogens is 251 g/mol. The first-order chi connectivity index (χ1) is 7.49. The Morgan fingerprint density at radius 2 is 2.00 bits per heavy atom. The van der Waals surface area contributed by atoms with Crippen LogP contribution in [0.3, 0.4) is 0 Å². The second-order valence-corrected chi connectivity index (χ2v) is 4.45. The van der Waals surface area contributed by atoms with E-state index >= 15 is 0 Å². The summed E-state index contributed by atoms with van der Waals surface area (Å²) in [6.45, 7) is 4.19. The minimum Gasteiger partial charge on any atom is -0.434 e. The third-order valence-electron chi connectivity index (χ3n) is 1.63. The number of ether oxygens (including phenoxy) is 2. The van der Waals surface area contributed by atoms with Crippen molar-refractivity contribution >= 4 is 29.4 Å². The van der Waals surface area contributed by atoms with E-state index in [2.05, 4.69) is 0 Å². The molecule has 0 amide bonds. The lowest BCUT2D eigenvalue weighted by molar-refractivity contribution is 0.0886. The van der Waals surface area contributed by atoms with Crippen molar-refractivity contribution in [2.45, 2.75) is 13.8 Å². The molecule has 1 rings (SSSR count). The number of benzene rings is 1. The van der Waals surface area contributed by atoms with Gasteiger partial charge < -0.3 is 9.47 Å². The minimum absolute atomic E-state index is 0.265. The molecule has 0 fully saturated rings. The lowest BCUT2D eigenvalue weighted by atomic mass is 10.2. The van der Waals surface area contributed by atoms with Crippen molar-refractivity contribution in [1.82, 2.24) is 0 Å². The van der Waals surface area contributed by atoms with E-state index in [-0.39, 0.29) is 5.92 Å². The Labute approximate surface area is 104 Å². The van der Waals surface area contributed by atoms with E-state index in [9.17, 15) is 4.79 Å². The van der Waals surface area contributed by atoms with E-state index in [1.54, 1.807) is 12.1 Å². The average Bonchev–Trinajstić information content (AvgIpc) is 2.21. The van der Waals surface area contributed by atoms with Crippen molar-refractivity contribution < 1.29 is 14.3 Å². The highest BCUT2D eigenvalue weighted by Crippen LogP contribution is 2.26. The van der Waals surface area contributed by atoms with E-state index in [4.69, 9.17) is 32.7 Å². The zero-order chi connectivity index (χ0) is 12.1. The van der Waals surface area contributed by atoms with Crippen LogP contribution in [0, 0.1) is 5.92 Å². The van der Waals surface area contributed by atoms with Crippen molar-refractivity contribution in [1.29, 1.82) is 0 Å². The Morgan fingerprint density at radius 1 is 1.31 bits per heavy atom. The molecule has 1 aromatic rings. The van der Waals surface area contributed by atoms with Crippen LogP contribution in [0.25, 0.3) is 0 Å². The van der Waals surface area contributed by atoms with Crippen LogP contribution in [0.2, 0.25) is 10.0 Å². The zero-order valence-electron chi connectivity index (χ0n) is 9.00. The maximum Gasteiger partial charge on any atom is 0.513 e. The molecule has 0 aliphatic heterocycles. The van der Waals surface area contributed by atoms with Gasteiger partial charge in [0.05, 0.1) is 16.7 Å². The summed E-state index contributed by atoms with van der Waals surface area (Å²) in [5.74, 6) is 0.574. The Bertz CT molecular complexity index is 377. The fraction of sp³-hybridized carbons (Fsp3) is 0.364. The lowest BCUT2D eigenvalue weighted by Gasteiger charge is -2.08. The summed E-state index contributed by atoms with van der Waals surface area (Å²) in [5, 5.41) is 0.736. The summed E-state index contributed by atoms with van der Waals surface area (Å²) < 4.78 is 9.74. The molecule has 0 saturated carbocycles. The van der Waals surface area contributed by atoms with Crippen LogP contribution in [-0.2, 0) is 4.74 Å². The van der Waals surface area contributed by atoms with Crippen LogP contribution in [0.5, 0.6) is 5.75 Å². The third kappa shape index (κ3) is 4.29. The molecule has 0 N–H and O–H groups in total. The summed E-state index contributed by atoms with van der Waals surface area (Å²) in [6, 6.07) is 4.56. The molecule has 0 spiro atoms. The first kappa shape index (κ1) is 13.1. The zero-order valence-corrected chi connectivity index (χ0v) is 10.5. The van der Waals surface area contributed by atoms with Gasteiger partial charge in [0.1, 0.15) is 5.75 Å². The number of hydrogen-bond donors (Lipinski definition) is 0. The predicted octanol–water partition coefficient (Wildman–Crippen LogP) is 4.16. The van der Waals surface area contributed by atoms with Gasteiger partial charge in [-0.25, -0.2) is 4.79 Å². The number of halogens is 2. The molecule has 0 saturated heterocycles. The topological polar surface area (TPSA) is 35.5 Å². The molecule has 0 aliphatic carbocycles. The van der Waals surface area contributed by atoms with Gasteiger partial charge in [0, 0.05) is 6.07 Å². The Balaban J connectivity index is 2.53. The second kappa shape index (κ2) is 5.97. The Morgan fingerprint density at radius 3 is 2.56 bits per heavy atom. The molecule has 0 unspecified atom stereocenters. The number of carbonyl (C=O) groups excluding carboxylic acids is 1. The van der Waals surface area contributed by atoms with Gasteiger partial charge in [-0.05, 0) is 18.1 Å². The molecule has 3 nitrogen and oxygen atoms in total. The summed E-state index contributed by atoms with van der Waals surface area (Å²) >= 11 is 11.5. The van der Waals surface area contributed by atoms with Crippen molar-refractivity contribution in [2.24, 2.45) is 5.92 Å². The largest absolute Gasteiger partial charge is 0.513 e. The summed E-state index contributed by atoms with van der Waals surface area (Å²) in [7, 11) is 0. The van der Waals surface area contributed by atoms with E-state index < -0.39 is 6.16 Å². The van der Waals surface area contributed by atoms with Gasteiger partial charge >= 0.3 is 6.16 Å². The highest BCUT2D eigenvalue weighted by atomic mass is 35.5. The lowest BCUT2D eigenvalue weighted by Crippen LogP contribution is -2.14. The maximum absolute atomic E-state index is 11.2. The molecule has 0 aromatic heterocycles. The van der Waals surface area contributed by atoms with E-state index in [1.165, 1.54) is 6.07 Å². The van der Waals surface area contributed by atoms with E-state index in [1.807, 2.05) is 13.8 Å². The smallest absolute Gasteiger partial charge is 0.434 e. The standard InChI is InChI=1S/C11H12Cl2O3/c1-7(2)6-15-11(14)16-8-3-4-9(12)10(13)5-8/h3-5,7H,6H2,1-2H3. The maximum atomic E-state index is 11.2. The monoisotopic (exact) mass is 262 g/mol. The van der Waals surface area contributed by atoms with Gasteiger partial charge in [0.2, 0.25) is 0 Å². The molecule has 88 valence electrons. The minimum atomic E-state index is -0.743. The van der Waals surface area contributed by atoms with Crippen LogP contribution in [0.1, 0.15) is 13.8 Å². The summed E-state index contributed by atoms with van der Waals surface area (Å²) in [5.41, 5.74) is 0. The second-order valence-electron chi connectivity index (χ2n) is 3.63. The van der Waals surface area contributed by atoms with Crippen molar-refractivity contribution in [2.75, 3.05) is 6.61 Å². The van der Waals surface area contributed by atoms with Gasteiger partial charge in [-0.3, -0.25) is 0 Å². The third-order valence-corrected chi connectivity index (χ3v) is 2.37. The molecule has 16 heavy (non-hydrogen) atoms. The van der Waals surface area contributed by atoms with E-state index in [0.29, 0.717) is 22.4 Å². The molecule has 0 bridgehead atoms. The van der Waals surface area contributed by atoms with Crippen LogP contribution >= 0.6 is 23.2 Å². The number of hydrogen-bond acceptors (Lipinski definition) is 3. The quantitative estimate of drug-likeness (QED) is 0.606. The van der Waals surface area contributed by atoms with Gasteiger partial charge in [-0.2, -0.15) is 0 Å². The van der Waals surface area contributed by atoms with E-state index in [0.717, 1.165) is 0 Å². The first-order valence-corrected chi connectivity index (χ1v) is 5.54. The van der Waals surface area contributed by atoms with Gasteiger partial charge in [-0.15, -0.1) is 0 Å². The average molecular weight is 263 g/mol. The SMILES string of the molecule is CC(C)COC(=O)Oc1ccc(Cl)c(Cl)c1. The fourth-order valence-corrected chi connectivity index (χ4v) is 1.19. The van der Waals surface area contributed by atoms with Gasteiger partial charge in [0.15, 0.2) is 0 Å².